The number of sulfonamides is 1. The van der Waals surface area contributed by atoms with E-state index in [1.807, 2.05) is 0 Å². The number of fused-ring (bicyclic) bond motifs is 4. The number of rotatable bonds is 4. The minimum absolute atomic E-state index is 0.0138. The van der Waals surface area contributed by atoms with Crippen molar-refractivity contribution in [1.29, 1.82) is 0 Å². The van der Waals surface area contributed by atoms with Crippen LogP contribution >= 0.6 is 0 Å². The van der Waals surface area contributed by atoms with Gasteiger partial charge in [-0.1, -0.05) is 24.3 Å². The molecule has 5 rings (SSSR count). The molecule has 1 N–H and O–H groups in total. The molecule has 3 aromatic carbocycles. The van der Waals surface area contributed by atoms with Crippen molar-refractivity contribution in [2.75, 3.05) is 4.72 Å². The fourth-order valence-corrected chi connectivity index (χ4v) is 4.88. The first kappa shape index (κ1) is 21.6. The second-order valence-corrected chi connectivity index (χ2v) is 8.91. The monoisotopic (exact) mass is 487 g/mol. The summed E-state index contributed by atoms with van der Waals surface area (Å²) in [6, 6.07) is 14.6. The summed E-state index contributed by atoms with van der Waals surface area (Å²) in [6.07, 6.45) is -5.10. The van der Waals surface area contributed by atoms with Gasteiger partial charge in [0.05, 0.1) is 22.2 Å². The maximum Gasteiger partial charge on any atom is 0.573 e. The zero-order valence-electron chi connectivity index (χ0n) is 16.8. The molecule has 0 bridgehead atoms. The van der Waals surface area contributed by atoms with Crippen molar-refractivity contribution in [3.05, 3.63) is 88.5 Å². The quantitative estimate of drug-likeness (QED) is 0.415. The van der Waals surface area contributed by atoms with Gasteiger partial charge in [-0.05, 0) is 42.5 Å². The van der Waals surface area contributed by atoms with E-state index in [2.05, 4.69) is 14.4 Å². The Morgan fingerprint density at radius 3 is 2.41 bits per heavy atom. The molecule has 8 nitrogen and oxygen atoms in total. The third-order valence-electron chi connectivity index (χ3n) is 5.08. The lowest BCUT2D eigenvalue weighted by Gasteiger charge is -2.14. The summed E-state index contributed by atoms with van der Waals surface area (Å²) in [5.41, 5.74) is 0.00706. The molecule has 12 heteroatoms. The van der Waals surface area contributed by atoms with E-state index in [4.69, 9.17) is 0 Å². The van der Waals surface area contributed by atoms with Gasteiger partial charge in [-0.2, -0.15) is 0 Å². The van der Waals surface area contributed by atoms with Crippen LogP contribution in [0.5, 0.6) is 5.75 Å². The molecule has 0 fully saturated rings. The van der Waals surface area contributed by atoms with E-state index in [1.165, 1.54) is 30.3 Å². The van der Waals surface area contributed by atoms with Gasteiger partial charge < -0.3 is 4.74 Å². The van der Waals surface area contributed by atoms with Gasteiger partial charge in [0.1, 0.15) is 10.6 Å². The molecule has 0 aliphatic carbocycles. The molecule has 0 saturated heterocycles. The van der Waals surface area contributed by atoms with E-state index in [9.17, 15) is 31.2 Å². The van der Waals surface area contributed by atoms with Gasteiger partial charge >= 0.3 is 6.36 Å². The predicted molar refractivity (Wildman–Crippen MR) is 115 cm³/mol. The summed E-state index contributed by atoms with van der Waals surface area (Å²) < 4.78 is 70.8. The molecule has 0 amide bonds. The van der Waals surface area contributed by atoms with Gasteiger partial charge in [0.2, 0.25) is 5.78 Å². The number of hydrogen-bond donors (Lipinski definition) is 1. The molecular weight excluding hydrogens is 475 g/mol. The zero-order chi connectivity index (χ0) is 24.3. The fourth-order valence-electron chi connectivity index (χ4n) is 3.70. The lowest BCUT2D eigenvalue weighted by molar-refractivity contribution is -0.275. The fraction of sp³-hybridized carbons (Fsp3) is 0.0455. The maximum atomic E-state index is 12.9. The van der Waals surface area contributed by atoms with Crippen molar-refractivity contribution in [1.82, 2.24) is 9.55 Å². The Labute approximate surface area is 189 Å². The molecule has 172 valence electrons. The highest BCUT2D eigenvalue weighted by atomic mass is 32.2. The molecule has 1 aliphatic rings. The van der Waals surface area contributed by atoms with Crippen LogP contribution in [0.15, 0.2) is 76.4 Å². The topological polar surface area (TPSA) is 107 Å². The molecule has 4 aromatic rings. The summed E-state index contributed by atoms with van der Waals surface area (Å²) in [6.45, 7) is 0. The van der Waals surface area contributed by atoms with Crippen molar-refractivity contribution in [2.24, 2.45) is 0 Å². The van der Waals surface area contributed by atoms with E-state index in [1.54, 1.807) is 24.3 Å². The smallest absolute Gasteiger partial charge is 0.404 e. The Balaban J connectivity index is 1.55. The molecular formula is C22H12F3N3O5S. The number of anilines is 1. The Kier molecular flexibility index (Phi) is 4.72. The number of para-hydroxylation sites is 2. The molecule has 0 atom stereocenters. The third kappa shape index (κ3) is 3.57. The van der Waals surface area contributed by atoms with Crippen LogP contribution in [0.4, 0.5) is 18.9 Å². The third-order valence-corrected chi connectivity index (χ3v) is 6.50. The first-order chi connectivity index (χ1) is 16.0. The molecule has 34 heavy (non-hydrogen) atoms. The lowest BCUT2D eigenvalue weighted by atomic mass is 10.1. The number of nitrogens with zero attached hydrogens (tertiary/aromatic N) is 2. The van der Waals surface area contributed by atoms with E-state index in [0.29, 0.717) is 10.9 Å². The number of alkyl halides is 3. The van der Waals surface area contributed by atoms with Crippen LogP contribution in [-0.4, -0.2) is 30.1 Å². The Bertz CT molecular complexity index is 1660. The first-order valence-corrected chi connectivity index (χ1v) is 11.1. The SMILES string of the molecule is O=C1c2cc(NS(=O)(=O)c3ccccc3OC(F)(F)F)ccc2-n2c1nc1ccccc1c2=O. The number of hydrogen-bond acceptors (Lipinski definition) is 6. The molecule has 0 radical (unpaired) electrons. The van der Waals surface area contributed by atoms with Gasteiger partial charge in [0, 0.05) is 5.69 Å². The zero-order valence-corrected chi connectivity index (χ0v) is 17.6. The number of ketones is 1. The molecule has 0 spiro atoms. The first-order valence-electron chi connectivity index (χ1n) is 9.64. The molecule has 0 unspecified atom stereocenters. The second kappa shape index (κ2) is 7.42. The van der Waals surface area contributed by atoms with E-state index in [0.717, 1.165) is 16.7 Å². The normalized spacial score (nSPS) is 13.0. The van der Waals surface area contributed by atoms with Crippen LogP contribution in [0.1, 0.15) is 16.2 Å². The maximum absolute atomic E-state index is 12.9. The van der Waals surface area contributed by atoms with Crippen LogP contribution in [0.3, 0.4) is 0 Å². The molecule has 2 heterocycles. The second-order valence-electron chi connectivity index (χ2n) is 7.25. The van der Waals surface area contributed by atoms with Crippen molar-refractivity contribution >= 4 is 32.4 Å². The van der Waals surface area contributed by atoms with Gasteiger partial charge in [0.25, 0.3) is 15.6 Å². The van der Waals surface area contributed by atoms with Crippen LogP contribution in [-0.2, 0) is 10.0 Å². The number of carbonyl (C=O) groups is 1. The van der Waals surface area contributed by atoms with Crippen molar-refractivity contribution in [2.45, 2.75) is 11.3 Å². The average molecular weight is 487 g/mol. The minimum Gasteiger partial charge on any atom is -0.404 e. The summed E-state index contributed by atoms with van der Waals surface area (Å²) in [5.74, 6) is -1.63. The van der Waals surface area contributed by atoms with E-state index >= 15 is 0 Å². The predicted octanol–water partition coefficient (Wildman–Crippen LogP) is 3.63. The number of halogens is 3. The molecule has 1 aromatic heterocycles. The standard InChI is InChI=1S/C22H12F3N3O5S/c23-22(24,25)33-17-7-3-4-8-18(17)34(31,32)27-12-9-10-16-14(11-12)19(29)20-26-15-6-2-1-5-13(15)21(30)28(16)20/h1-11,27H. The Morgan fingerprint density at radius 2 is 1.65 bits per heavy atom. The summed E-state index contributed by atoms with van der Waals surface area (Å²) >= 11 is 0. The van der Waals surface area contributed by atoms with Gasteiger partial charge in [-0.25, -0.2) is 13.4 Å². The summed E-state index contributed by atoms with van der Waals surface area (Å²) in [7, 11) is -4.53. The highest BCUT2D eigenvalue weighted by Gasteiger charge is 2.34. The van der Waals surface area contributed by atoms with E-state index in [-0.39, 0.29) is 22.8 Å². The Hall–Kier alpha value is -4.19. The van der Waals surface area contributed by atoms with Crippen LogP contribution in [0.25, 0.3) is 16.6 Å². The number of aromatic nitrogens is 2. The number of carbonyl (C=O) groups excluding carboxylic acids is 1. The number of ether oxygens (including phenoxy) is 1. The largest absolute Gasteiger partial charge is 0.573 e. The van der Waals surface area contributed by atoms with Crippen molar-refractivity contribution in [3.63, 3.8) is 0 Å². The number of benzene rings is 3. The van der Waals surface area contributed by atoms with Gasteiger partial charge in [0.15, 0.2) is 5.82 Å². The van der Waals surface area contributed by atoms with Crippen molar-refractivity contribution < 1.29 is 31.1 Å². The van der Waals surface area contributed by atoms with Gasteiger partial charge in [-0.3, -0.25) is 18.9 Å². The highest BCUT2D eigenvalue weighted by molar-refractivity contribution is 7.92. The molecule has 0 saturated carbocycles. The van der Waals surface area contributed by atoms with Gasteiger partial charge in [-0.15, -0.1) is 13.2 Å². The van der Waals surface area contributed by atoms with Crippen LogP contribution in [0, 0.1) is 0 Å². The van der Waals surface area contributed by atoms with Crippen molar-refractivity contribution in [3.8, 4) is 11.4 Å². The lowest BCUT2D eigenvalue weighted by Crippen LogP contribution is -2.21. The summed E-state index contributed by atoms with van der Waals surface area (Å²) in [4.78, 5) is 29.4. The van der Waals surface area contributed by atoms with Crippen LogP contribution < -0.4 is 15.0 Å². The Morgan fingerprint density at radius 1 is 0.941 bits per heavy atom. The minimum atomic E-state index is -5.10. The van der Waals surface area contributed by atoms with Crippen LogP contribution in [0.2, 0.25) is 0 Å². The number of nitrogens with one attached hydrogen (secondary N) is 1. The van der Waals surface area contributed by atoms with E-state index < -0.39 is 38.4 Å². The average Bonchev–Trinajstić information content (AvgIpc) is 3.04. The summed E-state index contributed by atoms with van der Waals surface area (Å²) in [5, 5.41) is 0.304. The highest BCUT2D eigenvalue weighted by Crippen LogP contribution is 2.32. The molecule has 1 aliphatic heterocycles.